The van der Waals surface area contributed by atoms with Crippen molar-refractivity contribution >= 4 is 5.97 Å². The van der Waals surface area contributed by atoms with Crippen molar-refractivity contribution in [1.29, 1.82) is 0 Å². The second-order valence-corrected chi connectivity index (χ2v) is 4.56. The van der Waals surface area contributed by atoms with Crippen LogP contribution < -0.4 is 5.32 Å². The van der Waals surface area contributed by atoms with Crippen LogP contribution in [0.4, 0.5) is 0 Å². The van der Waals surface area contributed by atoms with Gasteiger partial charge in [0.05, 0.1) is 18.5 Å². The minimum absolute atomic E-state index is 0.311. The predicted octanol–water partition coefficient (Wildman–Crippen LogP) is 0.756. The number of rotatable bonds is 3. The van der Waals surface area contributed by atoms with Crippen LogP contribution in [0.25, 0.3) is 11.5 Å². The molecule has 3 heterocycles. The fraction of sp³-hybridized carbons (Fsp3) is 0.357. The molecule has 1 aliphatic heterocycles. The van der Waals surface area contributed by atoms with Gasteiger partial charge < -0.3 is 10.1 Å². The highest BCUT2D eigenvalue weighted by molar-refractivity contribution is 5.89. The van der Waals surface area contributed by atoms with Crippen LogP contribution in [-0.2, 0) is 17.7 Å². The predicted molar refractivity (Wildman–Crippen MR) is 74.4 cm³/mol. The van der Waals surface area contributed by atoms with Gasteiger partial charge in [0.2, 0.25) is 0 Å². The van der Waals surface area contributed by atoms with Crippen LogP contribution in [0, 0.1) is 0 Å². The molecule has 7 nitrogen and oxygen atoms in total. The summed E-state index contributed by atoms with van der Waals surface area (Å²) in [4.78, 5) is 29.2. The third-order valence-corrected chi connectivity index (χ3v) is 3.19. The summed E-state index contributed by atoms with van der Waals surface area (Å²) in [7, 11) is 0. The van der Waals surface area contributed by atoms with Crippen LogP contribution in [0.1, 0.15) is 28.7 Å². The Bertz CT molecular complexity index is 660. The first-order valence-electron chi connectivity index (χ1n) is 6.83. The average Bonchev–Trinajstić information content (AvgIpc) is 2.55. The fourth-order valence-corrected chi connectivity index (χ4v) is 2.24. The maximum Gasteiger partial charge on any atom is 0.357 e. The van der Waals surface area contributed by atoms with E-state index in [4.69, 9.17) is 4.74 Å². The lowest BCUT2D eigenvalue weighted by Crippen LogP contribution is -2.28. The summed E-state index contributed by atoms with van der Waals surface area (Å²) >= 11 is 0. The van der Waals surface area contributed by atoms with Gasteiger partial charge in [-0.25, -0.2) is 19.7 Å². The smallest absolute Gasteiger partial charge is 0.357 e. The zero-order valence-electron chi connectivity index (χ0n) is 11.7. The van der Waals surface area contributed by atoms with E-state index >= 15 is 0 Å². The van der Waals surface area contributed by atoms with Gasteiger partial charge in [-0.3, -0.25) is 4.98 Å². The molecule has 21 heavy (non-hydrogen) atoms. The van der Waals surface area contributed by atoms with Crippen molar-refractivity contribution in [3.8, 4) is 11.5 Å². The number of fused-ring (bicyclic) bond motifs is 1. The minimum Gasteiger partial charge on any atom is -0.461 e. The zero-order chi connectivity index (χ0) is 14.7. The molecule has 0 fully saturated rings. The quantitative estimate of drug-likeness (QED) is 0.832. The number of hydrogen-bond donors (Lipinski definition) is 1. The Morgan fingerprint density at radius 3 is 3.05 bits per heavy atom. The molecule has 0 aliphatic carbocycles. The monoisotopic (exact) mass is 285 g/mol. The van der Waals surface area contributed by atoms with E-state index in [9.17, 15) is 4.79 Å². The molecular weight excluding hydrogens is 270 g/mol. The summed E-state index contributed by atoms with van der Waals surface area (Å²) in [5.41, 5.74) is 2.54. The van der Waals surface area contributed by atoms with E-state index in [0.29, 0.717) is 30.4 Å². The Morgan fingerprint density at radius 1 is 1.38 bits per heavy atom. The summed E-state index contributed by atoms with van der Waals surface area (Å²) in [6, 6.07) is 0. The Balaban J connectivity index is 2.11. The number of carbonyl (C=O) groups excluding carboxylic acids is 1. The van der Waals surface area contributed by atoms with Gasteiger partial charge in [-0.1, -0.05) is 0 Å². The fourth-order valence-electron chi connectivity index (χ4n) is 2.24. The van der Waals surface area contributed by atoms with Gasteiger partial charge in [-0.05, 0) is 6.92 Å². The molecule has 3 rings (SSSR count). The van der Waals surface area contributed by atoms with Crippen molar-refractivity contribution in [2.24, 2.45) is 0 Å². The van der Waals surface area contributed by atoms with Gasteiger partial charge in [-0.2, -0.15) is 0 Å². The van der Waals surface area contributed by atoms with Gasteiger partial charge in [-0.15, -0.1) is 0 Å². The topological polar surface area (TPSA) is 89.9 Å². The van der Waals surface area contributed by atoms with Gasteiger partial charge in [0.1, 0.15) is 5.69 Å². The lowest BCUT2D eigenvalue weighted by Gasteiger charge is -2.19. The zero-order valence-corrected chi connectivity index (χ0v) is 11.7. The van der Waals surface area contributed by atoms with Gasteiger partial charge in [0, 0.05) is 37.5 Å². The summed E-state index contributed by atoms with van der Waals surface area (Å²) in [6.07, 6.45) is 5.48. The number of nitrogens with one attached hydrogen (secondary N) is 1. The molecule has 0 bridgehead atoms. The molecule has 0 unspecified atom stereocenters. The first kappa shape index (κ1) is 13.6. The van der Waals surface area contributed by atoms with Gasteiger partial charge in [0.25, 0.3) is 0 Å². The standard InChI is InChI=1S/C14H15N5O2/c1-2-21-14(20)12-9-7-15-4-3-10(9)18-13(19-12)11-8-16-5-6-17-11/h5-6,8,15H,2-4,7H2,1H3. The highest BCUT2D eigenvalue weighted by atomic mass is 16.5. The van der Waals surface area contributed by atoms with E-state index < -0.39 is 5.97 Å². The number of ether oxygens (including phenoxy) is 1. The molecule has 0 atom stereocenters. The molecule has 1 N–H and O–H groups in total. The summed E-state index contributed by atoms with van der Waals surface area (Å²) in [5.74, 6) is -0.0169. The van der Waals surface area contributed by atoms with Crippen molar-refractivity contribution in [3.05, 3.63) is 35.5 Å². The Labute approximate surface area is 121 Å². The number of carbonyl (C=O) groups is 1. The highest BCUT2D eigenvalue weighted by Crippen LogP contribution is 2.20. The molecule has 0 saturated heterocycles. The van der Waals surface area contributed by atoms with Crippen molar-refractivity contribution in [3.63, 3.8) is 0 Å². The number of aromatic nitrogens is 4. The van der Waals surface area contributed by atoms with Crippen LogP contribution >= 0.6 is 0 Å². The van der Waals surface area contributed by atoms with Crippen LogP contribution in [0.15, 0.2) is 18.6 Å². The number of nitrogens with zero attached hydrogens (tertiary/aromatic N) is 4. The first-order chi connectivity index (χ1) is 10.3. The van der Waals surface area contributed by atoms with Crippen molar-refractivity contribution in [2.45, 2.75) is 19.9 Å². The van der Waals surface area contributed by atoms with Gasteiger partial charge in [0.15, 0.2) is 11.5 Å². The van der Waals surface area contributed by atoms with Crippen molar-refractivity contribution in [1.82, 2.24) is 25.3 Å². The van der Waals surface area contributed by atoms with Crippen molar-refractivity contribution < 1.29 is 9.53 Å². The van der Waals surface area contributed by atoms with Crippen LogP contribution in [-0.4, -0.2) is 39.1 Å². The first-order valence-corrected chi connectivity index (χ1v) is 6.83. The van der Waals surface area contributed by atoms with Crippen LogP contribution in [0.2, 0.25) is 0 Å². The molecule has 7 heteroatoms. The van der Waals surface area contributed by atoms with E-state index in [1.807, 2.05) is 0 Å². The maximum absolute atomic E-state index is 12.1. The molecular formula is C14H15N5O2. The Morgan fingerprint density at radius 2 is 2.29 bits per heavy atom. The Hall–Kier alpha value is -2.41. The lowest BCUT2D eigenvalue weighted by atomic mass is 10.0. The van der Waals surface area contributed by atoms with E-state index in [-0.39, 0.29) is 0 Å². The van der Waals surface area contributed by atoms with E-state index in [0.717, 1.165) is 24.2 Å². The minimum atomic E-state index is -0.426. The lowest BCUT2D eigenvalue weighted by molar-refractivity contribution is 0.0517. The summed E-state index contributed by atoms with van der Waals surface area (Å²) in [5, 5.41) is 3.22. The molecule has 2 aromatic rings. The molecule has 0 amide bonds. The average molecular weight is 285 g/mol. The Kier molecular flexibility index (Phi) is 3.83. The second-order valence-electron chi connectivity index (χ2n) is 4.56. The van der Waals surface area contributed by atoms with E-state index in [2.05, 4.69) is 25.3 Å². The molecule has 1 aliphatic rings. The molecule has 0 spiro atoms. The van der Waals surface area contributed by atoms with Gasteiger partial charge >= 0.3 is 5.97 Å². The molecule has 2 aromatic heterocycles. The largest absolute Gasteiger partial charge is 0.461 e. The van der Waals surface area contributed by atoms with E-state index in [1.54, 1.807) is 25.5 Å². The van der Waals surface area contributed by atoms with Crippen molar-refractivity contribution in [2.75, 3.05) is 13.2 Å². The number of hydrogen-bond acceptors (Lipinski definition) is 7. The maximum atomic E-state index is 12.1. The highest BCUT2D eigenvalue weighted by Gasteiger charge is 2.23. The van der Waals surface area contributed by atoms with Crippen LogP contribution in [0.3, 0.4) is 0 Å². The second kappa shape index (κ2) is 5.92. The molecule has 0 saturated carbocycles. The number of esters is 1. The third-order valence-electron chi connectivity index (χ3n) is 3.19. The van der Waals surface area contributed by atoms with E-state index in [1.165, 1.54) is 0 Å². The normalized spacial score (nSPS) is 13.6. The SMILES string of the molecule is CCOC(=O)c1nc(-c2cnccn2)nc2c1CNCC2. The third kappa shape index (κ3) is 2.73. The van der Waals surface area contributed by atoms with Crippen LogP contribution in [0.5, 0.6) is 0 Å². The molecule has 0 radical (unpaired) electrons. The summed E-state index contributed by atoms with van der Waals surface area (Å²) < 4.78 is 5.09. The molecule has 0 aromatic carbocycles. The molecule has 108 valence electrons. The summed E-state index contributed by atoms with van der Waals surface area (Å²) in [6.45, 7) is 3.48.